The van der Waals surface area contributed by atoms with E-state index in [-0.39, 0.29) is 25.2 Å². The lowest BCUT2D eigenvalue weighted by Gasteiger charge is -2.15. The summed E-state index contributed by atoms with van der Waals surface area (Å²) in [6.07, 6.45) is 42.3. The molecule has 5 heteroatoms. The Bertz CT molecular complexity index is 686. The van der Waals surface area contributed by atoms with Crippen LogP contribution in [-0.4, -0.2) is 36.4 Å². The second-order valence-electron chi connectivity index (χ2n) is 13.0. The van der Waals surface area contributed by atoms with E-state index in [0.717, 1.165) is 51.4 Å². The van der Waals surface area contributed by atoms with Crippen molar-refractivity contribution in [3.63, 3.8) is 0 Å². The fourth-order valence-corrected chi connectivity index (χ4v) is 5.53. The monoisotopic (exact) mass is 635 g/mol. The summed E-state index contributed by atoms with van der Waals surface area (Å²) in [6, 6.07) is 0. The van der Waals surface area contributed by atoms with Gasteiger partial charge in [0.1, 0.15) is 6.61 Å². The summed E-state index contributed by atoms with van der Waals surface area (Å²) in [6.45, 7) is 4.11. The Hall–Kier alpha value is -1.62. The zero-order chi connectivity index (χ0) is 32.9. The van der Waals surface area contributed by atoms with Crippen molar-refractivity contribution in [2.75, 3.05) is 13.2 Å². The van der Waals surface area contributed by atoms with E-state index in [9.17, 15) is 14.7 Å². The van der Waals surface area contributed by atoms with E-state index in [0.29, 0.717) is 12.8 Å². The molecule has 0 amide bonds. The second-order valence-corrected chi connectivity index (χ2v) is 13.0. The molecule has 0 aromatic carbocycles. The van der Waals surface area contributed by atoms with Crippen LogP contribution in [0.2, 0.25) is 0 Å². The Labute approximate surface area is 279 Å². The molecule has 0 saturated carbocycles. The van der Waals surface area contributed by atoms with Crippen LogP contribution in [0, 0.1) is 0 Å². The molecule has 1 N–H and O–H groups in total. The van der Waals surface area contributed by atoms with Gasteiger partial charge >= 0.3 is 11.9 Å². The van der Waals surface area contributed by atoms with Gasteiger partial charge < -0.3 is 14.6 Å². The predicted molar refractivity (Wildman–Crippen MR) is 191 cm³/mol. The van der Waals surface area contributed by atoms with Crippen LogP contribution < -0.4 is 0 Å². The van der Waals surface area contributed by atoms with Crippen LogP contribution in [0.15, 0.2) is 24.3 Å². The summed E-state index contributed by atoms with van der Waals surface area (Å²) in [5.41, 5.74) is 0. The summed E-state index contributed by atoms with van der Waals surface area (Å²) < 4.78 is 10.6. The van der Waals surface area contributed by atoms with Gasteiger partial charge in [0.15, 0.2) is 6.10 Å². The van der Waals surface area contributed by atoms with Gasteiger partial charge in [0.05, 0.1) is 6.61 Å². The maximum absolute atomic E-state index is 12.1. The number of esters is 2. The molecule has 0 aliphatic heterocycles. The van der Waals surface area contributed by atoms with E-state index >= 15 is 0 Å². The lowest BCUT2D eigenvalue weighted by Crippen LogP contribution is -2.28. The summed E-state index contributed by atoms with van der Waals surface area (Å²) >= 11 is 0. The van der Waals surface area contributed by atoms with E-state index < -0.39 is 6.10 Å². The van der Waals surface area contributed by atoms with Gasteiger partial charge in [-0.05, 0) is 44.9 Å². The van der Waals surface area contributed by atoms with Gasteiger partial charge in [-0.3, -0.25) is 9.59 Å². The summed E-state index contributed by atoms with van der Waals surface area (Å²) in [4.78, 5) is 24.2. The molecule has 1 atom stereocenters. The first-order valence-electron chi connectivity index (χ1n) is 19.4. The van der Waals surface area contributed by atoms with E-state index in [2.05, 4.69) is 38.2 Å². The molecule has 0 aliphatic rings. The second kappa shape index (κ2) is 36.8. The quantitative estimate of drug-likeness (QED) is 0.0426. The van der Waals surface area contributed by atoms with Crippen LogP contribution in [-0.2, 0) is 19.1 Å². The summed E-state index contributed by atoms with van der Waals surface area (Å²) in [5.74, 6) is -0.600. The van der Waals surface area contributed by atoms with Crippen molar-refractivity contribution in [1.29, 1.82) is 0 Å². The van der Waals surface area contributed by atoms with Gasteiger partial charge in [-0.2, -0.15) is 0 Å². The van der Waals surface area contributed by atoms with Crippen molar-refractivity contribution in [1.82, 2.24) is 0 Å². The molecule has 0 fully saturated rings. The van der Waals surface area contributed by atoms with Crippen LogP contribution in [0.3, 0.4) is 0 Å². The molecule has 5 nitrogen and oxygen atoms in total. The Morgan fingerprint density at radius 1 is 0.511 bits per heavy atom. The Balaban J connectivity index is 3.55. The normalized spacial score (nSPS) is 12.3. The van der Waals surface area contributed by atoms with Gasteiger partial charge in [-0.25, -0.2) is 0 Å². The number of rotatable bonds is 35. The molecule has 0 saturated heterocycles. The fraction of sp³-hybridized carbons (Fsp3) is 0.850. The minimum absolute atomic E-state index is 0.0674. The summed E-state index contributed by atoms with van der Waals surface area (Å²) in [5, 5.41) is 9.54. The molecule has 0 spiro atoms. The largest absolute Gasteiger partial charge is 0.462 e. The van der Waals surface area contributed by atoms with Gasteiger partial charge in [0.25, 0.3) is 0 Å². The van der Waals surface area contributed by atoms with E-state index in [4.69, 9.17) is 9.47 Å². The van der Waals surface area contributed by atoms with Crippen molar-refractivity contribution in [2.45, 2.75) is 206 Å². The SMILES string of the molecule is CCCCC/C=C\C/C=C\CCCCCCCC(=O)OC(CO)COC(=O)CCCCCCCCCCCCCCCCCC. The number of carbonyl (C=O) groups excluding carboxylic acids is 2. The lowest BCUT2D eigenvalue weighted by atomic mass is 10.0. The van der Waals surface area contributed by atoms with Gasteiger partial charge in [-0.15, -0.1) is 0 Å². The van der Waals surface area contributed by atoms with Crippen LogP contribution in [0.4, 0.5) is 0 Å². The molecular formula is C40H74O5. The number of aliphatic hydroxyl groups is 1. The third-order valence-electron chi connectivity index (χ3n) is 8.50. The average Bonchev–Trinajstić information content (AvgIpc) is 3.04. The minimum atomic E-state index is -0.773. The highest BCUT2D eigenvalue weighted by atomic mass is 16.6. The van der Waals surface area contributed by atoms with Crippen molar-refractivity contribution in [3.05, 3.63) is 24.3 Å². The predicted octanol–water partition coefficient (Wildman–Crippen LogP) is 11.9. The molecule has 0 aromatic rings. The highest BCUT2D eigenvalue weighted by molar-refractivity contribution is 5.70. The number of ether oxygens (including phenoxy) is 2. The minimum Gasteiger partial charge on any atom is -0.462 e. The first-order chi connectivity index (χ1) is 22.1. The summed E-state index contributed by atoms with van der Waals surface area (Å²) in [7, 11) is 0. The Morgan fingerprint density at radius 2 is 0.889 bits per heavy atom. The van der Waals surface area contributed by atoms with E-state index in [1.54, 1.807) is 0 Å². The molecule has 45 heavy (non-hydrogen) atoms. The maximum Gasteiger partial charge on any atom is 0.306 e. The third-order valence-corrected chi connectivity index (χ3v) is 8.50. The van der Waals surface area contributed by atoms with Crippen molar-refractivity contribution >= 4 is 11.9 Å². The number of hydrogen-bond acceptors (Lipinski definition) is 5. The zero-order valence-electron chi connectivity index (χ0n) is 29.9. The van der Waals surface area contributed by atoms with Crippen LogP contribution >= 0.6 is 0 Å². The molecule has 0 rings (SSSR count). The van der Waals surface area contributed by atoms with Gasteiger partial charge in [-0.1, -0.05) is 167 Å². The van der Waals surface area contributed by atoms with Gasteiger partial charge in [0.2, 0.25) is 0 Å². The highest BCUT2D eigenvalue weighted by Crippen LogP contribution is 2.14. The van der Waals surface area contributed by atoms with Crippen LogP contribution in [0.5, 0.6) is 0 Å². The molecular weight excluding hydrogens is 560 g/mol. The zero-order valence-corrected chi connectivity index (χ0v) is 29.9. The average molecular weight is 635 g/mol. The number of carbonyl (C=O) groups is 2. The van der Waals surface area contributed by atoms with Gasteiger partial charge in [0, 0.05) is 12.8 Å². The van der Waals surface area contributed by atoms with Crippen LogP contribution in [0.25, 0.3) is 0 Å². The number of unbranched alkanes of at least 4 members (excludes halogenated alkanes) is 23. The molecule has 0 heterocycles. The van der Waals surface area contributed by atoms with E-state index in [1.165, 1.54) is 122 Å². The lowest BCUT2D eigenvalue weighted by molar-refractivity contribution is -0.161. The molecule has 0 bridgehead atoms. The molecule has 0 aliphatic carbocycles. The van der Waals surface area contributed by atoms with Crippen molar-refractivity contribution in [3.8, 4) is 0 Å². The van der Waals surface area contributed by atoms with E-state index in [1.807, 2.05) is 0 Å². The number of hydrogen-bond donors (Lipinski definition) is 1. The molecule has 0 aromatic heterocycles. The smallest absolute Gasteiger partial charge is 0.306 e. The molecule has 264 valence electrons. The first-order valence-corrected chi connectivity index (χ1v) is 19.4. The fourth-order valence-electron chi connectivity index (χ4n) is 5.53. The Kier molecular flexibility index (Phi) is 35.5. The number of aliphatic hydroxyl groups excluding tert-OH is 1. The third kappa shape index (κ3) is 35.1. The molecule has 1 unspecified atom stereocenters. The highest BCUT2D eigenvalue weighted by Gasteiger charge is 2.16. The Morgan fingerprint density at radius 3 is 1.36 bits per heavy atom. The van der Waals surface area contributed by atoms with Crippen molar-refractivity contribution in [2.24, 2.45) is 0 Å². The standard InChI is InChI=1S/C40H74O5/c1-3-5-7-9-11-13-15-17-19-21-22-24-26-28-30-32-34-39(42)44-37-38(36-41)45-40(43)35-33-31-29-27-25-23-20-18-16-14-12-10-8-6-4-2/h12,14,18,20,38,41H,3-11,13,15-17,19,21-37H2,1-2H3/b14-12-,20-18-. The molecule has 0 radical (unpaired) electrons. The first kappa shape index (κ1) is 43.4. The topological polar surface area (TPSA) is 72.8 Å². The van der Waals surface area contributed by atoms with Crippen LogP contribution in [0.1, 0.15) is 200 Å². The number of allylic oxidation sites excluding steroid dienone is 4. The maximum atomic E-state index is 12.1. The van der Waals surface area contributed by atoms with Crippen molar-refractivity contribution < 1.29 is 24.2 Å².